The lowest BCUT2D eigenvalue weighted by Crippen LogP contribution is -2.50. The topological polar surface area (TPSA) is 46.2 Å². The predicted octanol–water partition coefficient (Wildman–Crippen LogP) is -0.217. The second-order valence-corrected chi connectivity index (χ2v) is 6.00. The molecule has 1 heterocycles. The SMILES string of the molecule is CC1(C)CNCCS1(=O)=O. The smallest absolute Gasteiger partial charge is 0.157 e. The maximum Gasteiger partial charge on any atom is 0.157 e. The normalized spacial score (nSPS) is 29.8. The largest absolute Gasteiger partial charge is 0.314 e. The Morgan fingerprint density at radius 1 is 1.40 bits per heavy atom. The Balaban J connectivity index is 2.92. The summed E-state index contributed by atoms with van der Waals surface area (Å²) >= 11 is 0. The fraction of sp³-hybridized carbons (Fsp3) is 1.00. The van der Waals surface area contributed by atoms with Crippen molar-refractivity contribution in [3.05, 3.63) is 0 Å². The molecule has 0 aromatic carbocycles. The van der Waals surface area contributed by atoms with Crippen molar-refractivity contribution in [2.75, 3.05) is 18.8 Å². The molecule has 10 heavy (non-hydrogen) atoms. The summed E-state index contributed by atoms with van der Waals surface area (Å²) in [5, 5.41) is 3.05. The van der Waals surface area contributed by atoms with E-state index in [1.807, 2.05) is 0 Å². The number of sulfone groups is 1. The van der Waals surface area contributed by atoms with E-state index in [1.165, 1.54) is 0 Å². The van der Waals surface area contributed by atoms with E-state index in [0.717, 1.165) is 0 Å². The lowest BCUT2D eigenvalue weighted by Gasteiger charge is -2.29. The minimum Gasteiger partial charge on any atom is -0.314 e. The zero-order chi connectivity index (χ0) is 7.83. The molecule has 0 aromatic rings. The Morgan fingerprint density at radius 2 is 2.00 bits per heavy atom. The Hall–Kier alpha value is -0.0900. The standard InChI is InChI=1S/C6H13NO2S/c1-6(2)5-7-3-4-10(6,8)9/h7H,3-5H2,1-2H3. The van der Waals surface area contributed by atoms with Crippen LogP contribution in [0.1, 0.15) is 13.8 Å². The highest BCUT2D eigenvalue weighted by atomic mass is 32.2. The average Bonchev–Trinajstić information content (AvgIpc) is 1.77. The van der Waals surface area contributed by atoms with Gasteiger partial charge in [-0.2, -0.15) is 0 Å². The minimum absolute atomic E-state index is 0.278. The Morgan fingerprint density at radius 3 is 2.30 bits per heavy atom. The fourth-order valence-corrected chi connectivity index (χ4v) is 2.27. The molecule has 4 heteroatoms. The third-order valence-electron chi connectivity index (χ3n) is 1.94. The van der Waals surface area contributed by atoms with Gasteiger partial charge in [-0.1, -0.05) is 0 Å². The molecule has 0 aromatic heterocycles. The van der Waals surface area contributed by atoms with Crippen molar-refractivity contribution in [2.24, 2.45) is 0 Å². The fourth-order valence-electron chi connectivity index (χ4n) is 0.982. The highest BCUT2D eigenvalue weighted by Gasteiger charge is 2.36. The van der Waals surface area contributed by atoms with E-state index in [4.69, 9.17) is 0 Å². The number of hydrogen-bond donors (Lipinski definition) is 1. The molecule has 1 saturated heterocycles. The second-order valence-electron chi connectivity index (χ2n) is 3.26. The molecule has 0 radical (unpaired) electrons. The van der Waals surface area contributed by atoms with E-state index in [-0.39, 0.29) is 5.75 Å². The Labute approximate surface area is 61.7 Å². The van der Waals surface area contributed by atoms with Gasteiger partial charge < -0.3 is 5.32 Å². The summed E-state index contributed by atoms with van der Waals surface area (Å²) in [6.45, 7) is 4.70. The molecule has 1 aliphatic heterocycles. The monoisotopic (exact) mass is 163 g/mol. The van der Waals surface area contributed by atoms with Gasteiger partial charge in [-0.05, 0) is 13.8 Å². The summed E-state index contributed by atoms with van der Waals surface area (Å²) in [4.78, 5) is 0. The summed E-state index contributed by atoms with van der Waals surface area (Å²) in [5.74, 6) is 0.278. The van der Waals surface area contributed by atoms with Crippen molar-refractivity contribution < 1.29 is 8.42 Å². The Bertz CT molecular complexity index is 218. The van der Waals surface area contributed by atoms with Crippen LogP contribution in [0.5, 0.6) is 0 Å². The summed E-state index contributed by atoms with van der Waals surface area (Å²) in [6.07, 6.45) is 0. The first-order valence-electron chi connectivity index (χ1n) is 3.39. The Kier molecular flexibility index (Phi) is 1.76. The molecule has 0 spiro atoms. The van der Waals surface area contributed by atoms with Crippen molar-refractivity contribution in [1.29, 1.82) is 0 Å². The molecule has 1 rings (SSSR count). The van der Waals surface area contributed by atoms with Gasteiger partial charge in [0.1, 0.15) is 0 Å². The van der Waals surface area contributed by atoms with Crippen LogP contribution in [-0.4, -0.2) is 32.0 Å². The predicted molar refractivity (Wildman–Crippen MR) is 40.7 cm³/mol. The molecular formula is C6H13NO2S. The van der Waals surface area contributed by atoms with Gasteiger partial charge in [0, 0.05) is 13.1 Å². The molecule has 0 aliphatic carbocycles. The van der Waals surface area contributed by atoms with E-state index in [1.54, 1.807) is 13.8 Å². The summed E-state index contributed by atoms with van der Waals surface area (Å²) in [5.41, 5.74) is 0. The number of rotatable bonds is 0. The van der Waals surface area contributed by atoms with E-state index in [0.29, 0.717) is 13.1 Å². The molecule has 0 amide bonds. The molecule has 60 valence electrons. The van der Waals surface area contributed by atoms with Gasteiger partial charge >= 0.3 is 0 Å². The molecule has 1 aliphatic rings. The lowest BCUT2D eigenvalue weighted by atomic mass is 10.2. The van der Waals surface area contributed by atoms with Gasteiger partial charge in [-0.3, -0.25) is 0 Å². The highest BCUT2D eigenvalue weighted by molar-refractivity contribution is 7.92. The molecule has 1 fully saturated rings. The van der Waals surface area contributed by atoms with Gasteiger partial charge in [-0.15, -0.1) is 0 Å². The second kappa shape index (κ2) is 2.20. The van der Waals surface area contributed by atoms with Crippen molar-refractivity contribution in [3.63, 3.8) is 0 Å². The third kappa shape index (κ3) is 1.18. The van der Waals surface area contributed by atoms with Crippen LogP contribution in [0.4, 0.5) is 0 Å². The van der Waals surface area contributed by atoms with Gasteiger partial charge in [0.2, 0.25) is 0 Å². The van der Waals surface area contributed by atoms with Crippen LogP contribution in [0.15, 0.2) is 0 Å². The van der Waals surface area contributed by atoms with Crippen LogP contribution in [0, 0.1) is 0 Å². The molecule has 0 saturated carbocycles. The van der Waals surface area contributed by atoms with Crippen LogP contribution >= 0.6 is 0 Å². The van der Waals surface area contributed by atoms with Crippen molar-refractivity contribution in [1.82, 2.24) is 5.32 Å². The lowest BCUT2D eigenvalue weighted by molar-refractivity contribution is 0.498. The van der Waals surface area contributed by atoms with Crippen LogP contribution < -0.4 is 5.32 Å². The molecule has 3 nitrogen and oxygen atoms in total. The van der Waals surface area contributed by atoms with Gasteiger partial charge in [0.05, 0.1) is 10.5 Å². The minimum atomic E-state index is -2.82. The molecule has 0 bridgehead atoms. The van der Waals surface area contributed by atoms with Gasteiger partial charge in [0.25, 0.3) is 0 Å². The van der Waals surface area contributed by atoms with E-state index < -0.39 is 14.6 Å². The first-order chi connectivity index (χ1) is 4.46. The van der Waals surface area contributed by atoms with Crippen molar-refractivity contribution >= 4 is 9.84 Å². The maximum absolute atomic E-state index is 11.3. The first-order valence-corrected chi connectivity index (χ1v) is 5.04. The summed E-state index contributed by atoms with van der Waals surface area (Å²) in [6, 6.07) is 0. The maximum atomic E-state index is 11.3. The van der Waals surface area contributed by atoms with Gasteiger partial charge in [0.15, 0.2) is 9.84 Å². The van der Waals surface area contributed by atoms with E-state index >= 15 is 0 Å². The molecule has 0 unspecified atom stereocenters. The van der Waals surface area contributed by atoms with E-state index in [2.05, 4.69) is 5.32 Å². The zero-order valence-corrected chi connectivity index (χ0v) is 7.16. The van der Waals surface area contributed by atoms with Crippen LogP contribution in [0.3, 0.4) is 0 Å². The van der Waals surface area contributed by atoms with Crippen LogP contribution in [0.2, 0.25) is 0 Å². The molecule has 1 N–H and O–H groups in total. The number of hydrogen-bond acceptors (Lipinski definition) is 3. The van der Waals surface area contributed by atoms with Crippen molar-refractivity contribution in [3.8, 4) is 0 Å². The highest BCUT2D eigenvalue weighted by Crippen LogP contribution is 2.18. The summed E-state index contributed by atoms with van der Waals surface area (Å²) in [7, 11) is -2.82. The quantitative estimate of drug-likeness (QED) is 0.537. The third-order valence-corrected chi connectivity index (χ3v) is 4.51. The van der Waals surface area contributed by atoms with E-state index in [9.17, 15) is 8.42 Å². The van der Waals surface area contributed by atoms with Crippen LogP contribution in [-0.2, 0) is 9.84 Å². The van der Waals surface area contributed by atoms with Crippen LogP contribution in [0.25, 0.3) is 0 Å². The first kappa shape index (κ1) is 8.01. The zero-order valence-electron chi connectivity index (χ0n) is 6.35. The van der Waals surface area contributed by atoms with Gasteiger partial charge in [-0.25, -0.2) is 8.42 Å². The molecule has 0 atom stereocenters. The van der Waals surface area contributed by atoms with Crippen molar-refractivity contribution in [2.45, 2.75) is 18.6 Å². The average molecular weight is 163 g/mol. The number of nitrogens with one attached hydrogen (secondary N) is 1. The molecular weight excluding hydrogens is 150 g/mol. The summed E-state index contributed by atoms with van der Waals surface area (Å²) < 4.78 is 22.0.